The zero-order chi connectivity index (χ0) is 28.1. The Kier molecular flexibility index (Phi) is 4.42. The molecule has 3 aromatic heterocycles. The average molecular weight is 547 g/mol. The van der Waals surface area contributed by atoms with E-state index in [0.717, 1.165) is 33.6 Å². The van der Waals surface area contributed by atoms with E-state index in [-0.39, 0.29) is 0 Å². The van der Waals surface area contributed by atoms with Crippen molar-refractivity contribution in [2.24, 2.45) is 0 Å². The van der Waals surface area contributed by atoms with E-state index >= 15 is 0 Å². The van der Waals surface area contributed by atoms with Gasteiger partial charge >= 0.3 is 0 Å². The second-order valence-electron chi connectivity index (χ2n) is 11.3. The highest BCUT2D eigenvalue weighted by Crippen LogP contribution is 2.51. The third-order valence-corrected chi connectivity index (χ3v) is 8.94. The van der Waals surface area contributed by atoms with Crippen molar-refractivity contribution in [3.8, 4) is 39.3 Å². The fourth-order valence-electron chi connectivity index (χ4n) is 7.12. The largest absolute Gasteiger partial charge is 0.292 e. The summed E-state index contributed by atoms with van der Waals surface area (Å²) < 4.78 is 2.32. The molecule has 198 valence electrons. The van der Waals surface area contributed by atoms with E-state index in [1.165, 1.54) is 54.6 Å². The van der Waals surface area contributed by atoms with Crippen LogP contribution in [0.5, 0.6) is 0 Å². The molecule has 0 fully saturated rings. The predicted molar refractivity (Wildman–Crippen MR) is 177 cm³/mol. The second kappa shape index (κ2) is 8.34. The first-order valence-electron chi connectivity index (χ1n) is 14.5. The number of fused-ring (bicyclic) bond motifs is 9. The number of pyridine rings is 1. The second-order valence-corrected chi connectivity index (χ2v) is 11.3. The van der Waals surface area contributed by atoms with Crippen LogP contribution in [-0.4, -0.2) is 19.5 Å². The van der Waals surface area contributed by atoms with Gasteiger partial charge in [0.15, 0.2) is 11.5 Å². The Labute approximate surface area is 246 Å². The SMILES string of the molecule is c1ccc(-c2nc3cccnc3nc2-n2c3cc4ccccc4cc3c3c4cccc5c4c(cc32)-c2ccccc2-5)cc1. The van der Waals surface area contributed by atoms with Crippen molar-refractivity contribution in [1.82, 2.24) is 19.5 Å². The summed E-state index contributed by atoms with van der Waals surface area (Å²) in [7, 11) is 0. The molecule has 0 saturated heterocycles. The topological polar surface area (TPSA) is 43.6 Å². The van der Waals surface area contributed by atoms with Crippen LogP contribution in [0.3, 0.4) is 0 Å². The van der Waals surface area contributed by atoms with Crippen molar-refractivity contribution in [3.05, 3.63) is 134 Å². The summed E-state index contributed by atoms with van der Waals surface area (Å²) >= 11 is 0. The van der Waals surface area contributed by atoms with E-state index in [0.29, 0.717) is 5.65 Å². The molecule has 0 unspecified atom stereocenters. The Morgan fingerprint density at radius 3 is 2.09 bits per heavy atom. The molecule has 0 aliphatic heterocycles. The Bertz CT molecular complexity index is 2610. The molecule has 9 aromatic rings. The summed E-state index contributed by atoms with van der Waals surface area (Å²) in [6.45, 7) is 0. The van der Waals surface area contributed by atoms with Crippen molar-refractivity contribution in [3.63, 3.8) is 0 Å². The number of benzene rings is 6. The first-order valence-corrected chi connectivity index (χ1v) is 14.5. The van der Waals surface area contributed by atoms with Gasteiger partial charge in [0.2, 0.25) is 0 Å². The minimum absolute atomic E-state index is 0.630. The van der Waals surface area contributed by atoms with Crippen LogP contribution in [0.15, 0.2) is 134 Å². The third-order valence-electron chi connectivity index (χ3n) is 8.94. The van der Waals surface area contributed by atoms with Crippen LogP contribution in [-0.2, 0) is 0 Å². The van der Waals surface area contributed by atoms with Crippen LogP contribution in [0, 0.1) is 0 Å². The summed E-state index contributed by atoms with van der Waals surface area (Å²) in [4.78, 5) is 15.1. The molecule has 6 aromatic carbocycles. The first kappa shape index (κ1) is 22.8. The van der Waals surface area contributed by atoms with Crippen LogP contribution in [0.2, 0.25) is 0 Å². The molecule has 0 radical (unpaired) electrons. The number of nitrogens with zero attached hydrogens (tertiary/aromatic N) is 4. The van der Waals surface area contributed by atoms with Gasteiger partial charge in [-0.25, -0.2) is 15.0 Å². The molecule has 1 aliphatic carbocycles. The van der Waals surface area contributed by atoms with Crippen LogP contribution < -0.4 is 0 Å². The Morgan fingerprint density at radius 1 is 0.488 bits per heavy atom. The third kappa shape index (κ3) is 3.07. The van der Waals surface area contributed by atoms with Gasteiger partial charge in [0, 0.05) is 22.5 Å². The Balaban J connectivity index is 1.45. The fraction of sp³-hybridized carbons (Fsp3) is 0. The van der Waals surface area contributed by atoms with E-state index in [2.05, 4.69) is 119 Å². The first-order chi connectivity index (χ1) is 21.3. The molecule has 0 bridgehead atoms. The van der Waals surface area contributed by atoms with Gasteiger partial charge in [0.1, 0.15) is 11.2 Å². The van der Waals surface area contributed by atoms with Gasteiger partial charge in [-0.15, -0.1) is 0 Å². The molecule has 0 saturated carbocycles. The molecule has 0 amide bonds. The highest BCUT2D eigenvalue weighted by Gasteiger charge is 2.27. The molecule has 0 N–H and O–H groups in total. The van der Waals surface area contributed by atoms with Gasteiger partial charge in [-0.2, -0.15) is 0 Å². The van der Waals surface area contributed by atoms with E-state index in [1.54, 1.807) is 6.20 Å². The zero-order valence-corrected chi connectivity index (χ0v) is 23.0. The van der Waals surface area contributed by atoms with Gasteiger partial charge in [-0.05, 0) is 74.1 Å². The molecular formula is C39H22N4. The van der Waals surface area contributed by atoms with Gasteiger partial charge in [-0.1, -0.05) is 97.1 Å². The van der Waals surface area contributed by atoms with Gasteiger partial charge in [0.25, 0.3) is 0 Å². The number of aromatic nitrogens is 4. The molecule has 10 rings (SSSR count). The molecule has 0 atom stereocenters. The highest BCUT2D eigenvalue weighted by atomic mass is 15.1. The number of rotatable bonds is 2. The standard InChI is InChI=1S/C39H22N4/c1-2-10-23(11-3-1)37-39(42-38-32(41-37)18-9-19-40-38)43-33-21-25-13-5-4-12-24(25)20-31(33)36-29-17-8-16-28-26-14-6-7-15-27(26)30(35(28)29)22-34(36)43/h1-22H. The van der Waals surface area contributed by atoms with Crippen LogP contribution in [0.4, 0.5) is 0 Å². The van der Waals surface area contributed by atoms with E-state index in [9.17, 15) is 0 Å². The molecular weight excluding hydrogens is 524 g/mol. The van der Waals surface area contributed by atoms with Crippen LogP contribution >= 0.6 is 0 Å². The molecule has 1 aliphatic rings. The minimum atomic E-state index is 0.630. The Hall–Kier alpha value is -5.87. The summed E-state index contributed by atoms with van der Waals surface area (Å²) in [6.07, 6.45) is 1.79. The van der Waals surface area contributed by atoms with Gasteiger partial charge < -0.3 is 0 Å². The van der Waals surface area contributed by atoms with Crippen molar-refractivity contribution in [1.29, 1.82) is 0 Å². The molecule has 0 spiro atoms. The minimum Gasteiger partial charge on any atom is -0.292 e. The van der Waals surface area contributed by atoms with E-state index in [4.69, 9.17) is 9.97 Å². The van der Waals surface area contributed by atoms with Gasteiger partial charge in [-0.3, -0.25) is 4.57 Å². The van der Waals surface area contributed by atoms with Crippen LogP contribution in [0.1, 0.15) is 0 Å². The van der Waals surface area contributed by atoms with Crippen LogP contribution in [0.25, 0.3) is 93.8 Å². The summed E-state index contributed by atoms with van der Waals surface area (Å²) in [6, 6.07) is 45.4. The normalized spacial score (nSPS) is 12.2. The molecule has 4 heteroatoms. The van der Waals surface area contributed by atoms with Crippen molar-refractivity contribution in [2.75, 3.05) is 0 Å². The highest BCUT2D eigenvalue weighted by molar-refractivity contribution is 6.30. The van der Waals surface area contributed by atoms with Crippen molar-refractivity contribution < 1.29 is 0 Å². The lowest BCUT2D eigenvalue weighted by Crippen LogP contribution is -2.04. The number of hydrogen-bond donors (Lipinski definition) is 0. The molecule has 43 heavy (non-hydrogen) atoms. The maximum absolute atomic E-state index is 5.26. The predicted octanol–water partition coefficient (Wildman–Crippen LogP) is 9.74. The fourth-order valence-corrected chi connectivity index (χ4v) is 7.12. The monoisotopic (exact) mass is 546 g/mol. The average Bonchev–Trinajstić information content (AvgIpc) is 3.57. The maximum atomic E-state index is 5.26. The van der Waals surface area contributed by atoms with Crippen molar-refractivity contribution >= 4 is 54.5 Å². The zero-order valence-electron chi connectivity index (χ0n) is 23.0. The molecule has 4 nitrogen and oxygen atoms in total. The smallest absolute Gasteiger partial charge is 0.180 e. The number of hydrogen-bond acceptors (Lipinski definition) is 3. The quantitative estimate of drug-likeness (QED) is 0.217. The lowest BCUT2D eigenvalue weighted by molar-refractivity contribution is 1.07. The summed E-state index contributed by atoms with van der Waals surface area (Å²) in [5.74, 6) is 0.779. The summed E-state index contributed by atoms with van der Waals surface area (Å²) in [5, 5.41) is 7.42. The van der Waals surface area contributed by atoms with E-state index < -0.39 is 0 Å². The molecule has 3 heterocycles. The lowest BCUT2D eigenvalue weighted by atomic mass is 9.97. The lowest BCUT2D eigenvalue weighted by Gasteiger charge is -2.14. The Morgan fingerprint density at radius 2 is 1.23 bits per heavy atom. The van der Waals surface area contributed by atoms with Crippen molar-refractivity contribution in [2.45, 2.75) is 0 Å². The van der Waals surface area contributed by atoms with E-state index in [1.807, 2.05) is 18.2 Å². The maximum Gasteiger partial charge on any atom is 0.180 e. The summed E-state index contributed by atoms with van der Waals surface area (Å²) in [5.41, 5.74) is 10.6. The van der Waals surface area contributed by atoms with Gasteiger partial charge in [0.05, 0.1) is 11.0 Å².